The van der Waals surface area contributed by atoms with E-state index in [9.17, 15) is 0 Å². The first-order chi connectivity index (χ1) is 8.25. The van der Waals surface area contributed by atoms with Crippen molar-refractivity contribution >= 4 is 28.8 Å². The largest absolute Gasteiger partial charge is 0.372 e. The number of hydrogen-bond acceptors (Lipinski definition) is 1. The molecule has 0 saturated heterocycles. The lowest BCUT2D eigenvalue weighted by molar-refractivity contribution is 0.929. The van der Waals surface area contributed by atoms with Crippen molar-refractivity contribution in [2.24, 2.45) is 0 Å². The number of rotatable bonds is 3. The predicted molar refractivity (Wildman–Crippen MR) is 76.4 cm³/mol. The van der Waals surface area contributed by atoms with Crippen LogP contribution in [0.25, 0.3) is 0 Å². The molecule has 0 atom stereocenters. The van der Waals surface area contributed by atoms with Crippen molar-refractivity contribution in [2.45, 2.75) is 6.54 Å². The van der Waals surface area contributed by atoms with Gasteiger partial charge in [-0.25, -0.2) is 0 Å². The third-order valence-electron chi connectivity index (χ3n) is 2.38. The molecule has 86 valence electrons. The Morgan fingerprint density at radius 2 is 1.82 bits per heavy atom. The van der Waals surface area contributed by atoms with Gasteiger partial charge >= 0.3 is 0 Å². The van der Waals surface area contributed by atoms with Gasteiger partial charge in [0.2, 0.25) is 0 Å². The Balaban J connectivity index is 1.98. The van der Waals surface area contributed by atoms with Crippen LogP contribution in [0.3, 0.4) is 0 Å². The number of hydrogen-bond donors (Lipinski definition) is 1. The summed E-state index contributed by atoms with van der Waals surface area (Å²) in [4.78, 5) is 0.719. The van der Waals surface area contributed by atoms with Gasteiger partial charge in [-0.15, -0.1) is 0 Å². The second-order valence-electron chi connectivity index (χ2n) is 3.68. The van der Waals surface area contributed by atoms with Crippen LogP contribution in [-0.4, -0.2) is 4.99 Å². The summed E-state index contributed by atoms with van der Waals surface area (Å²) in [6, 6.07) is 17.7. The molecule has 0 aromatic heterocycles. The Morgan fingerprint density at radius 1 is 1.06 bits per heavy atom. The molecule has 3 heteroatoms. The SMILES string of the molecule is S=C(NCc1ccccc1)c1cccc(Cl)c1. The van der Waals surface area contributed by atoms with E-state index in [-0.39, 0.29) is 0 Å². The molecule has 0 radical (unpaired) electrons. The zero-order valence-electron chi connectivity index (χ0n) is 9.19. The summed E-state index contributed by atoms with van der Waals surface area (Å²) in [7, 11) is 0. The minimum absolute atomic E-state index is 0.700. The van der Waals surface area contributed by atoms with Gasteiger partial charge in [-0.3, -0.25) is 0 Å². The van der Waals surface area contributed by atoms with Gasteiger partial charge in [-0.2, -0.15) is 0 Å². The van der Waals surface area contributed by atoms with E-state index < -0.39 is 0 Å². The molecule has 0 bridgehead atoms. The van der Waals surface area contributed by atoms with Gasteiger partial charge < -0.3 is 5.32 Å². The van der Waals surface area contributed by atoms with E-state index in [1.54, 1.807) is 0 Å². The molecule has 0 aliphatic heterocycles. The van der Waals surface area contributed by atoms with Crippen molar-refractivity contribution in [3.05, 3.63) is 70.7 Å². The number of benzene rings is 2. The summed E-state index contributed by atoms with van der Waals surface area (Å²) in [6.45, 7) is 0.728. The van der Waals surface area contributed by atoms with E-state index >= 15 is 0 Å². The molecule has 0 saturated carbocycles. The molecule has 2 rings (SSSR count). The zero-order valence-corrected chi connectivity index (χ0v) is 10.8. The molecule has 2 aromatic rings. The summed E-state index contributed by atoms with van der Waals surface area (Å²) in [5, 5.41) is 3.92. The van der Waals surface area contributed by atoms with Crippen molar-refractivity contribution in [1.29, 1.82) is 0 Å². The minimum Gasteiger partial charge on any atom is -0.372 e. The van der Waals surface area contributed by atoms with E-state index in [1.807, 2.05) is 42.5 Å². The van der Waals surface area contributed by atoms with Gasteiger partial charge in [0.15, 0.2) is 0 Å². The maximum atomic E-state index is 5.92. The van der Waals surface area contributed by atoms with Crippen LogP contribution < -0.4 is 5.32 Å². The van der Waals surface area contributed by atoms with Crippen molar-refractivity contribution in [3.8, 4) is 0 Å². The monoisotopic (exact) mass is 261 g/mol. The summed E-state index contributed by atoms with van der Waals surface area (Å²) in [6.07, 6.45) is 0. The van der Waals surface area contributed by atoms with Crippen LogP contribution in [0.15, 0.2) is 54.6 Å². The highest BCUT2D eigenvalue weighted by Gasteiger charge is 2.01. The predicted octanol–water partition coefficient (Wildman–Crippen LogP) is 3.81. The van der Waals surface area contributed by atoms with E-state index in [2.05, 4.69) is 17.4 Å². The van der Waals surface area contributed by atoms with Gasteiger partial charge in [-0.05, 0) is 17.7 Å². The summed E-state index contributed by atoms with van der Waals surface area (Å²) >= 11 is 11.2. The lowest BCUT2D eigenvalue weighted by atomic mass is 10.2. The normalized spacial score (nSPS) is 9.94. The molecule has 2 aromatic carbocycles. The quantitative estimate of drug-likeness (QED) is 0.844. The number of nitrogens with one attached hydrogen (secondary N) is 1. The molecule has 17 heavy (non-hydrogen) atoms. The first-order valence-corrected chi connectivity index (χ1v) is 6.12. The van der Waals surface area contributed by atoms with Gasteiger partial charge in [-0.1, -0.05) is 66.3 Å². The van der Waals surface area contributed by atoms with Crippen LogP contribution >= 0.6 is 23.8 Å². The summed E-state index contributed by atoms with van der Waals surface area (Å²) in [5.41, 5.74) is 2.15. The third kappa shape index (κ3) is 3.55. The first-order valence-electron chi connectivity index (χ1n) is 5.33. The molecule has 0 aliphatic carbocycles. The molecule has 0 heterocycles. The molecular weight excluding hydrogens is 250 g/mol. The number of thiocarbonyl (C=S) groups is 1. The van der Waals surface area contributed by atoms with Gasteiger partial charge in [0.25, 0.3) is 0 Å². The average molecular weight is 262 g/mol. The standard InChI is InChI=1S/C14H12ClNS/c15-13-8-4-7-12(9-13)14(17)16-10-11-5-2-1-3-6-11/h1-9H,10H2,(H,16,17). The summed E-state index contributed by atoms with van der Waals surface area (Å²) in [5.74, 6) is 0. The molecular formula is C14H12ClNS. The first kappa shape index (κ1) is 12.1. The number of halogens is 1. The summed E-state index contributed by atoms with van der Waals surface area (Å²) < 4.78 is 0. The Labute approximate surface area is 111 Å². The highest BCUT2D eigenvalue weighted by molar-refractivity contribution is 7.80. The van der Waals surface area contributed by atoms with E-state index in [1.165, 1.54) is 5.56 Å². The van der Waals surface area contributed by atoms with Crippen molar-refractivity contribution in [3.63, 3.8) is 0 Å². The highest BCUT2D eigenvalue weighted by Crippen LogP contribution is 2.11. The van der Waals surface area contributed by atoms with E-state index in [4.69, 9.17) is 23.8 Å². The van der Waals surface area contributed by atoms with Crippen LogP contribution in [0.5, 0.6) is 0 Å². The van der Waals surface area contributed by atoms with Gasteiger partial charge in [0.05, 0.1) is 0 Å². The molecule has 1 nitrogen and oxygen atoms in total. The lowest BCUT2D eigenvalue weighted by Crippen LogP contribution is -2.21. The second-order valence-corrected chi connectivity index (χ2v) is 4.52. The maximum Gasteiger partial charge on any atom is 0.106 e. The van der Waals surface area contributed by atoms with E-state index in [0.717, 1.165) is 17.1 Å². The Kier molecular flexibility index (Phi) is 4.13. The Hall–Kier alpha value is -1.38. The molecule has 0 unspecified atom stereocenters. The fourth-order valence-corrected chi connectivity index (χ4v) is 1.90. The van der Waals surface area contributed by atoms with Crippen LogP contribution in [-0.2, 0) is 6.54 Å². The smallest absolute Gasteiger partial charge is 0.106 e. The minimum atomic E-state index is 0.700. The van der Waals surface area contributed by atoms with Crippen molar-refractivity contribution < 1.29 is 0 Å². The van der Waals surface area contributed by atoms with Gasteiger partial charge in [0.1, 0.15) is 4.99 Å². The average Bonchev–Trinajstić information content (AvgIpc) is 2.37. The Bertz CT molecular complexity index is 511. The van der Waals surface area contributed by atoms with Crippen LogP contribution in [0.4, 0.5) is 0 Å². The maximum absolute atomic E-state index is 5.92. The molecule has 0 amide bonds. The van der Waals surface area contributed by atoms with Crippen molar-refractivity contribution in [1.82, 2.24) is 5.32 Å². The topological polar surface area (TPSA) is 12.0 Å². The second kappa shape index (κ2) is 5.80. The highest BCUT2D eigenvalue weighted by atomic mass is 35.5. The fourth-order valence-electron chi connectivity index (χ4n) is 1.51. The zero-order chi connectivity index (χ0) is 12.1. The fraction of sp³-hybridized carbons (Fsp3) is 0.0714. The van der Waals surface area contributed by atoms with Crippen LogP contribution in [0, 0.1) is 0 Å². The van der Waals surface area contributed by atoms with Crippen molar-refractivity contribution in [2.75, 3.05) is 0 Å². The van der Waals surface area contributed by atoms with E-state index in [0.29, 0.717) is 5.02 Å². The molecule has 1 N–H and O–H groups in total. The Morgan fingerprint density at radius 3 is 2.53 bits per heavy atom. The van der Waals surface area contributed by atoms with Gasteiger partial charge in [0, 0.05) is 17.1 Å². The molecule has 0 fully saturated rings. The van der Waals surface area contributed by atoms with Crippen LogP contribution in [0.1, 0.15) is 11.1 Å². The molecule has 0 spiro atoms. The lowest BCUT2D eigenvalue weighted by Gasteiger charge is -2.08. The molecule has 0 aliphatic rings. The van der Waals surface area contributed by atoms with Crippen LogP contribution in [0.2, 0.25) is 5.02 Å². The third-order valence-corrected chi connectivity index (χ3v) is 3.00.